The van der Waals surface area contributed by atoms with Gasteiger partial charge in [-0.3, -0.25) is 4.57 Å². The number of aromatic nitrogens is 4. The lowest BCUT2D eigenvalue weighted by atomic mass is 10.3. The third kappa shape index (κ3) is 1.97. The van der Waals surface area contributed by atoms with E-state index in [-0.39, 0.29) is 5.95 Å². The lowest BCUT2D eigenvalue weighted by Crippen LogP contribution is -2.16. The van der Waals surface area contributed by atoms with E-state index in [1.807, 2.05) is 6.92 Å². The molecule has 0 aliphatic carbocycles. The highest BCUT2D eigenvalue weighted by Crippen LogP contribution is 2.31. The Kier molecular flexibility index (Phi) is 2.94. The van der Waals surface area contributed by atoms with Crippen molar-refractivity contribution in [2.45, 2.75) is 25.7 Å². The number of halogens is 1. The summed E-state index contributed by atoms with van der Waals surface area (Å²) < 4.78 is 26.0. The molecular formula is C11H14FN5O2. The minimum Gasteiger partial charge on any atom is -0.476 e. The zero-order chi connectivity index (χ0) is 13.4. The molecule has 1 saturated heterocycles. The van der Waals surface area contributed by atoms with Crippen LogP contribution in [0.3, 0.4) is 0 Å². The van der Waals surface area contributed by atoms with Crippen LogP contribution in [0.15, 0.2) is 6.33 Å². The molecule has 1 fully saturated rings. The fraction of sp³-hybridized carbons (Fsp3) is 0.545. The van der Waals surface area contributed by atoms with E-state index in [1.165, 1.54) is 10.9 Å². The first-order valence-corrected chi connectivity index (χ1v) is 6.09. The Bertz CT molecular complexity index is 602. The van der Waals surface area contributed by atoms with Crippen LogP contribution in [0.25, 0.3) is 11.2 Å². The van der Waals surface area contributed by atoms with Crippen LogP contribution in [0.4, 0.5) is 10.3 Å². The molecule has 1 aliphatic heterocycles. The van der Waals surface area contributed by atoms with Gasteiger partial charge in [0.25, 0.3) is 0 Å². The number of rotatable bonds is 3. The van der Waals surface area contributed by atoms with Crippen molar-refractivity contribution in [2.75, 3.05) is 18.9 Å². The summed E-state index contributed by atoms with van der Waals surface area (Å²) in [5, 5.41) is 0. The van der Waals surface area contributed by atoms with Crippen LogP contribution in [-0.2, 0) is 4.74 Å². The SMILES string of the molecule is CCOc1nc(N)nc2c1ncn2[C@@H]1OCC[C@H]1F. The van der Waals surface area contributed by atoms with E-state index >= 15 is 0 Å². The quantitative estimate of drug-likeness (QED) is 0.894. The molecule has 2 atom stereocenters. The van der Waals surface area contributed by atoms with Gasteiger partial charge in [-0.25, -0.2) is 9.37 Å². The van der Waals surface area contributed by atoms with E-state index in [1.54, 1.807) is 0 Å². The van der Waals surface area contributed by atoms with Crippen molar-refractivity contribution in [3.05, 3.63) is 6.33 Å². The maximum Gasteiger partial charge on any atom is 0.247 e. The number of hydrogen-bond donors (Lipinski definition) is 1. The molecule has 0 amide bonds. The second-order valence-corrected chi connectivity index (χ2v) is 4.21. The van der Waals surface area contributed by atoms with Gasteiger partial charge in [0, 0.05) is 6.42 Å². The summed E-state index contributed by atoms with van der Waals surface area (Å²) in [5.41, 5.74) is 6.52. The molecule has 102 valence electrons. The molecule has 2 aromatic rings. The van der Waals surface area contributed by atoms with Crippen molar-refractivity contribution in [1.29, 1.82) is 0 Å². The average molecular weight is 267 g/mol. The number of alkyl halides is 1. The van der Waals surface area contributed by atoms with E-state index in [0.717, 1.165) is 0 Å². The van der Waals surface area contributed by atoms with Gasteiger partial charge < -0.3 is 15.2 Å². The van der Waals surface area contributed by atoms with Crippen molar-refractivity contribution in [1.82, 2.24) is 19.5 Å². The van der Waals surface area contributed by atoms with Gasteiger partial charge in [-0.2, -0.15) is 9.97 Å². The standard InChI is InChI=1S/C11H14FN5O2/c1-2-18-9-7-8(15-11(13)16-9)17(5-14-7)10-6(12)3-4-19-10/h5-6,10H,2-4H2,1H3,(H2,13,15,16)/t6-,10-/m1/s1. The highest BCUT2D eigenvalue weighted by molar-refractivity contribution is 5.77. The largest absolute Gasteiger partial charge is 0.476 e. The molecule has 3 rings (SSSR count). The fourth-order valence-electron chi connectivity index (χ4n) is 2.13. The Morgan fingerprint density at radius 1 is 1.58 bits per heavy atom. The number of imidazole rings is 1. The highest BCUT2D eigenvalue weighted by atomic mass is 19.1. The Morgan fingerprint density at radius 3 is 3.11 bits per heavy atom. The first kappa shape index (κ1) is 12.1. The number of ether oxygens (including phenoxy) is 2. The monoisotopic (exact) mass is 267 g/mol. The van der Waals surface area contributed by atoms with Crippen LogP contribution in [0.2, 0.25) is 0 Å². The Morgan fingerprint density at radius 2 is 2.42 bits per heavy atom. The molecule has 0 unspecified atom stereocenters. The molecule has 0 bridgehead atoms. The normalized spacial score (nSPS) is 23.1. The molecule has 2 aromatic heterocycles. The smallest absolute Gasteiger partial charge is 0.247 e. The Hall–Kier alpha value is -1.96. The van der Waals surface area contributed by atoms with E-state index in [9.17, 15) is 4.39 Å². The molecule has 8 heteroatoms. The molecule has 0 aromatic carbocycles. The van der Waals surface area contributed by atoms with Crippen molar-refractivity contribution < 1.29 is 13.9 Å². The molecule has 2 N–H and O–H groups in total. The predicted molar refractivity (Wildman–Crippen MR) is 65.4 cm³/mol. The zero-order valence-corrected chi connectivity index (χ0v) is 10.4. The van der Waals surface area contributed by atoms with Crippen LogP contribution in [0.5, 0.6) is 5.88 Å². The van der Waals surface area contributed by atoms with Gasteiger partial charge in [0.05, 0.1) is 19.5 Å². The van der Waals surface area contributed by atoms with Crippen LogP contribution >= 0.6 is 0 Å². The molecule has 0 spiro atoms. The summed E-state index contributed by atoms with van der Waals surface area (Å²) in [6.45, 7) is 2.65. The van der Waals surface area contributed by atoms with Crippen LogP contribution in [0, 0.1) is 0 Å². The van der Waals surface area contributed by atoms with Crippen LogP contribution < -0.4 is 10.5 Å². The maximum atomic E-state index is 13.7. The first-order valence-electron chi connectivity index (χ1n) is 6.09. The lowest BCUT2D eigenvalue weighted by molar-refractivity contribution is 0.0243. The van der Waals surface area contributed by atoms with E-state index in [0.29, 0.717) is 36.7 Å². The third-order valence-corrected chi connectivity index (χ3v) is 2.95. The summed E-state index contributed by atoms with van der Waals surface area (Å²) in [5.74, 6) is 0.364. The lowest BCUT2D eigenvalue weighted by Gasteiger charge is -2.14. The van der Waals surface area contributed by atoms with Gasteiger partial charge in [0.2, 0.25) is 11.8 Å². The summed E-state index contributed by atoms with van der Waals surface area (Å²) in [6, 6.07) is 0. The second-order valence-electron chi connectivity index (χ2n) is 4.21. The number of nitrogens with two attached hydrogens (primary N) is 1. The number of fused-ring (bicyclic) bond motifs is 1. The molecular weight excluding hydrogens is 253 g/mol. The predicted octanol–water partition coefficient (Wildman–Crippen LogP) is 1.06. The number of hydrogen-bond acceptors (Lipinski definition) is 6. The Labute approximate surface area is 108 Å². The molecule has 0 radical (unpaired) electrons. The van der Waals surface area contributed by atoms with Gasteiger partial charge >= 0.3 is 0 Å². The Balaban J connectivity index is 2.11. The summed E-state index contributed by atoms with van der Waals surface area (Å²) in [7, 11) is 0. The first-order chi connectivity index (χ1) is 9.20. The van der Waals surface area contributed by atoms with Gasteiger partial charge in [-0.1, -0.05) is 0 Å². The summed E-state index contributed by atoms with van der Waals surface area (Å²) in [6.07, 6.45) is 0.0468. The minimum atomic E-state index is -1.08. The molecule has 19 heavy (non-hydrogen) atoms. The van der Waals surface area contributed by atoms with Crippen molar-refractivity contribution >= 4 is 17.1 Å². The van der Waals surface area contributed by atoms with E-state index in [4.69, 9.17) is 15.2 Å². The summed E-state index contributed by atoms with van der Waals surface area (Å²) >= 11 is 0. The van der Waals surface area contributed by atoms with E-state index < -0.39 is 12.4 Å². The molecule has 1 aliphatic rings. The number of nitrogens with zero attached hydrogens (tertiary/aromatic N) is 4. The average Bonchev–Trinajstić information content (AvgIpc) is 2.95. The topological polar surface area (TPSA) is 88.1 Å². The van der Waals surface area contributed by atoms with Crippen molar-refractivity contribution in [2.24, 2.45) is 0 Å². The van der Waals surface area contributed by atoms with Gasteiger partial charge in [0.1, 0.15) is 6.17 Å². The maximum absolute atomic E-state index is 13.7. The summed E-state index contributed by atoms with van der Waals surface area (Å²) in [4.78, 5) is 12.3. The van der Waals surface area contributed by atoms with Gasteiger partial charge in [-0.15, -0.1) is 0 Å². The fourth-order valence-corrected chi connectivity index (χ4v) is 2.13. The third-order valence-electron chi connectivity index (χ3n) is 2.95. The van der Waals surface area contributed by atoms with Crippen LogP contribution in [-0.4, -0.2) is 38.9 Å². The minimum absolute atomic E-state index is 0.0612. The number of anilines is 1. The van der Waals surface area contributed by atoms with Crippen molar-refractivity contribution in [3.63, 3.8) is 0 Å². The second kappa shape index (κ2) is 4.61. The zero-order valence-electron chi connectivity index (χ0n) is 10.4. The van der Waals surface area contributed by atoms with Gasteiger partial charge in [-0.05, 0) is 6.92 Å². The van der Waals surface area contributed by atoms with Crippen molar-refractivity contribution in [3.8, 4) is 5.88 Å². The van der Waals surface area contributed by atoms with Crippen LogP contribution in [0.1, 0.15) is 19.6 Å². The van der Waals surface area contributed by atoms with Gasteiger partial charge in [0.15, 0.2) is 17.4 Å². The molecule has 7 nitrogen and oxygen atoms in total. The van der Waals surface area contributed by atoms with E-state index in [2.05, 4.69) is 15.0 Å². The highest BCUT2D eigenvalue weighted by Gasteiger charge is 2.31. The molecule has 0 saturated carbocycles. The molecule has 3 heterocycles. The number of nitrogen functional groups attached to an aromatic ring is 1.